The molecule has 0 aliphatic carbocycles. The Hall–Kier alpha value is -0.390. The zero-order chi connectivity index (χ0) is 9.19. The molecule has 0 unspecified atom stereocenters. The van der Waals surface area contributed by atoms with Gasteiger partial charge in [-0.05, 0) is 24.3 Å². The summed E-state index contributed by atoms with van der Waals surface area (Å²) in [5.74, 6) is 0.583. The molecule has 0 fully saturated rings. The van der Waals surface area contributed by atoms with Crippen molar-refractivity contribution >= 4 is 22.6 Å². The van der Waals surface area contributed by atoms with Crippen LogP contribution in [0.5, 0.6) is 5.75 Å². The van der Waals surface area contributed by atoms with Gasteiger partial charge in [-0.2, -0.15) is 8.78 Å². The fraction of sp³-hybridized carbons (Fsp3) is 0.250. The maximum absolute atomic E-state index is 12.6. The summed E-state index contributed by atoms with van der Waals surface area (Å²) in [6.07, 6.45) is 0. The molecule has 0 atom stereocenters. The Labute approximate surface area is 82.9 Å². The first-order valence-corrected chi connectivity index (χ1v) is 4.33. The molecule has 4 heteroatoms. The highest BCUT2D eigenvalue weighted by molar-refractivity contribution is 14.1. The topological polar surface area (TPSA) is 9.23 Å². The summed E-state index contributed by atoms with van der Waals surface area (Å²) in [6, 6.07) is 5.74. The lowest BCUT2D eigenvalue weighted by Crippen LogP contribution is -2.01. The first kappa shape index (κ1) is 9.70. The number of methoxy groups -OCH3 is 1. The van der Waals surface area contributed by atoms with E-state index in [2.05, 4.69) is 0 Å². The zero-order valence-corrected chi connectivity index (χ0v) is 8.51. The SMILES string of the molecule is COc1ccc(C(F)(F)I)cc1. The van der Waals surface area contributed by atoms with Gasteiger partial charge in [0.05, 0.1) is 7.11 Å². The average molecular weight is 284 g/mol. The van der Waals surface area contributed by atoms with Gasteiger partial charge in [0.2, 0.25) is 0 Å². The summed E-state index contributed by atoms with van der Waals surface area (Å²) >= 11 is 1.09. The fourth-order valence-electron chi connectivity index (χ4n) is 0.780. The van der Waals surface area contributed by atoms with Crippen LogP contribution in [0.2, 0.25) is 0 Å². The van der Waals surface area contributed by atoms with E-state index < -0.39 is 3.93 Å². The van der Waals surface area contributed by atoms with Gasteiger partial charge in [0.1, 0.15) is 5.75 Å². The van der Waals surface area contributed by atoms with Gasteiger partial charge < -0.3 is 4.74 Å². The number of rotatable bonds is 2. The van der Waals surface area contributed by atoms with Gasteiger partial charge in [0.25, 0.3) is 0 Å². The van der Waals surface area contributed by atoms with Crippen LogP contribution in [-0.4, -0.2) is 7.11 Å². The molecule has 1 rings (SSSR count). The molecule has 0 aliphatic heterocycles. The molecule has 0 radical (unpaired) electrons. The summed E-state index contributed by atoms with van der Waals surface area (Å²) in [5, 5.41) is 0. The van der Waals surface area contributed by atoms with Crippen molar-refractivity contribution in [1.29, 1.82) is 0 Å². The van der Waals surface area contributed by atoms with Gasteiger partial charge in [0.15, 0.2) is 0 Å². The van der Waals surface area contributed by atoms with Crippen LogP contribution in [0.1, 0.15) is 5.56 Å². The predicted octanol–water partition coefficient (Wildman–Crippen LogP) is 3.18. The van der Waals surface area contributed by atoms with Gasteiger partial charge in [-0.25, -0.2) is 0 Å². The minimum absolute atomic E-state index is 0.0103. The number of halogens is 3. The Morgan fingerprint density at radius 1 is 1.25 bits per heavy atom. The molecule has 0 saturated carbocycles. The van der Waals surface area contributed by atoms with Crippen LogP contribution >= 0.6 is 22.6 Å². The average Bonchev–Trinajstić information content (AvgIpc) is 2.03. The molecule has 1 nitrogen and oxygen atoms in total. The Balaban J connectivity index is 2.93. The summed E-state index contributed by atoms with van der Waals surface area (Å²) in [6.45, 7) is 0. The van der Waals surface area contributed by atoms with Gasteiger partial charge in [-0.3, -0.25) is 0 Å². The lowest BCUT2D eigenvalue weighted by molar-refractivity contribution is 0.127. The van der Waals surface area contributed by atoms with E-state index in [1.54, 1.807) is 0 Å². The highest BCUT2D eigenvalue weighted by atomic mass is 127. The summed E-state index contributed by atoms with van der Waals surface area (Å²) < 4.78 is 27.3. The molecule has 0 amide bonds. The van der Waals surface area contributed by atoms with Crippen molar-refractivity contribution in [2.75, 3.05) is 7.11 Å². The predicted molar refractivity (Wildman–Crippen MR) is 50.9 cm³/mol. The molecule has 1 aromatic rings. The van der Waals surface area contributed by atoms with Gasteiger partial charge in [-0.1, -0.05) is 0 Å². The van der Waals surface area contributed by atoms with Crippen LogP contribution in [0.3, 0.4) is 0 Å². The van der Waals surface area contributed by atoms with Gasteiger partial charge in [0, 0.05) is 28.2 Å². The number of ether oxygens (including phenoxy) is 1. The van der Waals surface area contributed by atoms with Crippen molar-refractivity contribution in [1.82, 2.24) is 0 Å². The molecule has 66 valence electrons. The van der Waals surface area contributed by atoms with E-state index >= 15 is 0 Å². The standard InChI is InChI=1S/C8H7F2IO/c1-12-7-4-2-6(3-5-7)8(9,10)11/h2-5H,1H3. The smallest absolute Gasteiger partial charge is 0.321 e. The molecule has 0 saturated heterocycles. The van der Waals surface area contributed by atoms with Crippen LogP contribution in [0.25, 0.3) is 0 Å². The third-order valence-electron chi connectivity index (χ3n) is 1.42. The lowest BCUT2D eigenvalue weighted by atomic mass is 10.2. The van der Waals surface area contributed by atoms with Crippen LogP contribution in [0.4, 0.5) is 8.78 Å². The maximum atomic E-state index is 12.6. The molecule has 0 aliphatic rings. The molecular formula is C8H7F2IO. The van der Waals surface area contributed by atoms with Crippen LogP contribution in [0.15, 0.2) is 24.3 Å². The van der Waals surface area contributed by atoms with Crippen LogP contribution < -0.4 is 4.74 Å². The van der Waals surface area contributed by atoms with Crippen molar-refractivity contribution in [3.8, 4) is 5.75 Å². The summed E-state index contributed by atoms with van der Waals surface area (Å²) in [7, 11) is 1.50. The van der Waals surface area contributed by atoms with Crippen molar-refractivity contribution in [3.05, 3.63) is 29.8 Å². The number of hydrogen-bond acceptors (Lipinski definition) is 1. The van der Waals surface area contributed by atoms with Crippen molar-refractivity contribution in [2.24, 2.45) is 0 Å². The molecule has 0 spiro atoms. The highest BCUT2D eigenvalue weighted by Gasteiger charge is 2.26. The van der Waals surface area contributed by atoms with Crippen molar-refractivity contribution in [2.45, 2.75) is 3.93 Å². The van der Waals surface area contributed by atoms with E-state index in [1.165, 1.54) is 31.4 Å². The second kappa shape index (κ2) is 3.55. The summed E-state index contributed by atoms with van der Waals surface area (Å²) in [4.78, 5) is 0. The largest absolute Gasteiger partial charge is 0.497 e. The first-order valence-electron chi connectivity index (χ1n) is 3.25. The second-order valence-corrected chi connectivity index (χ2v) is 3.58. The molecular weight excluding hydrogens is 277 g/mol. The van der Waals surface area contributed by atoms with E-state index in [4.69, 9.17) is 4.74 Å². The van der Waals surface area contributed by atoms with E-state index in [0.29, 0.717) is 5.75 Å². The Morgan fingerprint density at radius 2 is 1.75 bits per heavy atom. The molecule has 12 heavy (non-hydrogen) atoms. The Bertz CT molecular complexity index is 253. The Kier molecular flexibility index (Phi) is 2.87. The fourth-order valence-corrected chi connectivity index (χ4v) is 1.14. The molecule has 0 N–H and O–H groups in total. The van der Waals surface area contributed by atoms with Gasteiger partial charge >= 0.3 is 3.93 Å². The first-order chi connectivity index (χ1) is 5.54. The van der Waals surface area contributed by atoms with Gasteiger partial charge in [-0.15, -0.1) is 0 Å². The number of hydrogen-bond donors (Lipinski definition) is 0. The normalized spacial score (nSPS) is 11.3. The third kappa shape index (κ3) is 2.30. The number of benzene rings is 1. The highest BCUT2D eigenvalue weighted by Crippen LogP contribution is 2.35. The monoisotopic (exact) mass is 284 g/mol. The number of alkyl halides is 3. The maximum Gasteiger partial charge on any atom is 0.321 e. The molecule has 1 aromatic carbocycles. The third-order valence-corrected chi connectivity index (χ3v) is 2.04. The molecule has 0 bridgehead atoms. The van der Waals surface area contributed by atoms with Crippen molar-refractivity contribution < 1.29 is 13.5 Å². The minimum Gasteiger partial charge on any atom is -0.497 e. The quantitative estimate of drug-likeness (QED) is 0.598. The Morgan fingerprint density at radius 3 is 2.08 bits per heavy atom. The summed E-state index contributed by atoms with van der Waals surface area (Å²) in [5.41, 5.74) is -0.0103. The van der Waals surface area contributed by atoms with E-state index in [1.807, 2.05) is 0 Å². The molecule has 0 aromatic heterocycles. The van der Waals surface area contributed by atoms with E-state index in [-0.39, 0.29) is 5.56 Å². The second-order valence-electron chi connectivity index (χ2n) is 2.23. The minimum atomic E-state index is -2.80. The van der Waals surface area contributed by atoms with Crippen molar-refractivity contribution in [3.63, 3.8) is 0 Å². The van der Waals surface area contributed by atoms with E-state index in [0.717, 1.165) is 22.6 Å². The van der Waals surface area contributed by atoms with E-state index in [9.17, 15) is 8.78 Å². The zero-order valence-electron chi connectivity index (χ0n) is 6.35. The van der Waals surface area contributed by atoms with Crippen LogP contribution in [0, 0.1) is 0 Å². The lowest BCUT2D eigenvalue weighted by Gasteiger charge is -2.08. The molecule has 0 heterocycles. The van der Waals surface area contributed by atoms with Crippen LogP contribution in [-0.2, 0) is 3.93 Å².